The maximum absolute atomic E-state index is 12.5. The highest BCUT2D eigenvalue weighted by atomic mass is 16.5. The minimum absolute atomic E-state index is 0.169. The number of ether oxygens (including phenoxy) is 3. The molecule has 150 valence electrons. The Balaban J connectivity index is 1.68. The summed E-state index contributed by atoms with van der Waals surface area (Å²) in [5, 5.41) is 13.9. The van der Waals surface area contributed by atoms with Gasteiger partial charge in [-0.2, -0.15) is 0 Å². The molecule has 9 nitrogen and oxygen atoms in total. The van der Waals surface area contributed by atoms with Crippen molar-refractivity contribution < 1.29 is 19.0 Å². The predicted molar refractivity (Wildman–Crippen MR) is 108 cm³/mol. The van der Waals surface area contributed by atoms with Crippen LogP contribution in [-0.2, 0) is 6.54 Å². The first-order valence-electron chi connectivity index (χ1n) is 8.73. The van der Waals surface area contributed by atoms with E-state index in [1.165, 1.54) is 21.3 Å². The molecule has 0 aliphatic heterocycles. The third-order valence-corrected chi connectivity index (χ3v) is 4.00. The van der Waals surface area contributed by atoms with Crippen LogP contribution < -0.4 is 24.8 Å². The zero-order valence-electron chi connectivity index (χ0n) is 16.3. The van der Waals surface area contributed by atoms with Gasteiger partial charge in [0.15, 0.2) is 17.2 Å². The summed E-state index contributed by atoms with van der Waals surface area (Å²) in [6, 6.07) is 12.2. The Morgan fingerprint density at radius 1 is 0.966 bits per heavy atom. The predicted octanol–water partition coefficient (Wildman–Crippen LogP) is 2.76. The molecule has 0 saturated carbocycles. The Morgan fingerprint density at radius 3 is 2.28 bits per heavy atom. The molecule has 0 radical (unpaired) electrons. The average Bonchev–Trinajstić information content (AvgIpc) is 2.77. The first-order valence-corrected chi connectivity index (χ1v) is 8.73. The van der Waals surface area contributed by atoms with Gasteiger partial charge >= 0.3 is 0 Å². The molecule has 0 aliphatic rings. The fourth-order valence-corrected chi connectivity index (χ4v) is 2.58. The van der Waals surface area contributed by atoms with Crippen molar-refractivity contribution >= 4 is 17.4 Å². The number of hydrogen-bond acceptors (Lipinski definition) is 8. The number of anilines is 2. The molecule has 2 N–H and O–H groups in total. The number of nitrogens with one attached hydrogen (secondary N) is 2. The third-order valence-electron chi connectivity index (χ3n) is 4.00. The van der Waals surface area contributed by atoms with Crippen molar-refractivity contribution in [1.29, 1.82) is 0 Å². The van der Waals surface area contributed by atoms with E-state index in [0.29, 0.717) is 35.3 Å². The molecule has 0 saturated heterocycles. The van der Waals surface area contributed by atoms with Crippen molar-refractivity contribution in [3.63, 3.8) is 0 Å². The van der Waals surface area contributed by atoms with Gasteiger partial charge in [0, 0.05) is 24.0 Å². The normalized spacial score (nSPS) is 10.2. The standard InChI is InChI=1S/C20H21N5O4/c1-27-16-10-14(11-17(28-2)19(16)29-3)23-20(26)15-7-8-18(25-24-15)22-12-13-6-4-5-9-21-13/h4-11H,12H2,1-3H3,(H,22,25)(H,23,26). The number of hydrogen-bond donors (Lipinski definition) is 2. The lowest BCUT2D eigenvalue weighted by Gasteiger charge is -2.14. The summed E-state index contributed by atoms with van der Waals surface area (Å²) in [5.41, 5.74) is 1.52. The smallest absolute Gasteiger partial charge is 0.276 e. The molecule has 3 aromatic rings. The Kier molecular flexibility index (Phi) is 6.41. The van der Waals surface area contributed by atoms with E-state index < -0.39 is 5.91 Å². The molecule has 0 aliphatic carbocycles. The number of carbonyl (C=O) groups excluding carboxylic acids is 1. The van der Waals surface area contributed by atoms with E-state index in [2.05, 4.69) is 25.8 Å². The molecule has 3 rings (SSSR count). The minimum atomic E-state index is -0.414. The zero-order valence-corrected chi connectivity index (χ0v) is 16.3. The highest BCUT2D eigenvalue weighted by Gasteiger charge is 2.16. The number of aromatic nitrogens is 3. The number of carbonyl (C=O) groups is 1. The topological polar surface area (TPSA) is 107 Å². The number of benzene rings is 1. The van der Waals surface area contributed by atoms with Crippen molar-refractivity contribution in [2.75, 3.05) is 32.0 Å². The van der Waals surface area contributed by atoms with Crippen LogP contribution in [0, 0.1) is 0 Å². The Bertz CT molecular complexity index is 939. The third kappa shape index (κ3) is 4.89. The zero-order chi connectivity index (χ0) is 20.6. The van der Waals surface area contributed by atoms with Crippen LogP contribution in [0.15, 0.2) is 48.7 Å². The second-order valence-electron chi connectivity index (χ2n) is 5.85. The average molecular weight is 395 g/mol. The monoisotopic (exact) mass is 395 g/mol. The van der Waals surface area contributed by atoms with Gasteiger partial charge < -0.3 is 24.8 Å². The molecule has 29 heavy (non-hydrogen) atoms. The first kappa shape index (κ1) is 19.9. The summed E-state index contributed by atoms with van der Waals surface area (Å²) in [6.45, 7) is 0.506. The number of methoxy groups -OCH3 is 3. The van der Waals surface area contributed by atoms with E-state index in [0.717, 1.165) is 5.69 Å². The van der Waals surface area contributed by atoms with E-state index in [4.69, 9.17) is 14.2 Å². The fraction of sp³-hybridized carbons (Fsp3) is 0.200. The van der Waals surface area contributed by atoms with E-state index in [1.807, 2.05) is 18.2 Å². The number of pyridine rings is 1. The van der Waals surface area contributed by atoms with Crippen molar-refractivity contribution in [1.82, 2.24) is 15.2 Å². The fourth-order valence-electron chi connectivity index (χ4n) is 2.58. The van der Waals surface area contributed by atoms with Gasteiger partial charge in [-0.05, 0) is 24.3 Å². The molecular weight excluding hydrogens is 374 g/mol. The molecule has 0 unspecified atom stereocenters. The highest BCUT2D eigenvalue weighted by molar-refractivity contribution is 6.03. The van der Waals surface area contributed by atoms with Gasteiger partial charge in [0.25, 0.3) is 5.91 Å². The summed E-state index contributed by atoms with van der Waals surface area (Å²) in [7, 11) is 4.52. The number of amides is 1. The van der Waals surface area contributed by atoms with Gasteiger partial charge in [-0.1, -0.05) is 6.07 Å². The van der Waals surface area contributed by atoms with Crippen LogP contribution in [0.2, 0.25) is 0 Å². The van der Waals surface area contributed by atoms with Crippen LogP contribution in [0.5, 0.6) is 17.2 Å². The summed E-state index contributed by atoms with van der Waals surface area (Å²) in [6.07, 6.45) is 1.72. The van der Waals surface area contributed by atoms with Crippen molar-refractivity contribution in [2.24, 2.45) is 0 Å². The van der Waals surface area contributed by atoms with Crippen molar-refractivity contribution in [3.05, 3.63) is 60.0 Å². The minimum Gasteiger partial charge on any atom is -0.493 e. The van der Waals surface area contributed by atoms with Gasteiger partial charge in [-0.3, -0.25) is 9.78 Å². The van der Waals surface area contributed by atoms with Gasteiger partial charge in [-0.15, -0.1) is 10.2 Å². The number of nitrogens with zero attached hydrogens (tertiary/aromatic N) is 3. The molecule has 2 heterocycles. The number of rotatable bonds is 8. The Labute approximate surface area is 168 Å². The molecular formula is C20H21N5O4. The van der Waals surface area contributed by atoms with Crippen molar-refractivity contribution in [2.45, 2.75) is 6.54 Å². The lowest BCUT2D eigenvalue weighted by atomic mass is 10.2. The highest BCUT2D eigenvalue weighted by Crippen LogP contribution is 2.39. The molecule has 0 bridgehead atoms. The quantitative estimate of drug-likeness (QED) is 0.600. The van der Waals surface area contributed by atoms with E-state index in [-0.39, 0.29) is 5.69 Å². The second kappa shape index (κ2) is 9.36. The van der Waals surface area contributed by atoms with Gasteiger partial charge in [0.05, 0.1) is 33.6 Å². The summed E-state index contributed by atoms with van der Waals surface area (Å²) < 4.78 is 15.9. The molecule has 9 heteroatoms. The maximum atomic E-state index is 12.5. The van der Waals surface area contributed by atoms with Gasteiger partial charge in [0.2, 0.25) is 5.75 Å². The second-order valence-corrected chi connectivity index (χ2v) is 5.85. The summed E-state index contributed by atoms with van der Waals surface area (Å²) in [4.78, 5) is 16.7. The Morgan fingerprint density at radius 2 is 1.72 bits per heavy atom. The molecule has 1 aromatic carbocycles. The first-order chi connectivity index (χ1) is 14.1. The van der Waals surface area contributed by atoms with Gasteiger partial charge in [-0.25, -0.2) is 0 Å². The van der Waals surface area contributed by atoms with Crippen LogP contribution in [0.4, 0.5) is 11.5 Å². The maximum Gasteiger partial charge on any atom is 0.276 e. The lowest BCUT2D eigenvalue weighted by molar-refractivity contribution is 0.102. The van der Waals surface area contributed by atoms with Crippen LogP contribution in [-0.4, -0.2) is 42.4 Å². The van der Waals surface area contributed by atoms with Crippen molar-refractivity contribution in [3.8, 4) is 17.2 Å². The molecule has 1 amide bonds. The van der Waals surface area contributed by atoms with E-state index in [9.17, 15) is 4.79 Å². The largest absolute Gasteiger partial charge is 0.493 e. The summed E-state index contributed by atoms with van der Waals surface area (Å²) in [5.74, 6) is 1.43. The molecule has 0 spiro atoms. The Hall–Kier alpha value is -3.88. The summed E-state index contributed by atoms with van der Waals surface area (Å²) >= 11 is 0. The van der Waals surface area contributed by atoms with Gasteiger partial charge in [0.1, 0.15) is 5.82 Å². The van der Waals surface area contributed by atoms with Crippen LogP contribution in [0.3, 0.4) is 0 Å². The SMILES string of the molecule is COc1cc(NC(=O)c2ccc(NCc3ccccn3)nn2)cc(OC)c1OC. The van der Waals surface area contributed by atoms with E-state index >= 15 is 0 Å². The lowest BCUT2D eigenvalue weighted by Crippen LogP contribution is -2.15. The molecule has 0 fully saturated rings. The van der Waals surface area contributed by atoms with Crippen LogP contribution >= 0.6 is 0 Å². The molecule has 2 aromatic heterocycles. The molecule has 0 atom stereocenters. The van der Waals surface area contributed by atoms with Crippen LogP contribution in [0.1, 0.15) is 16.2 Å². The van der Waals surface area contributed by atoms with Crippen LogP contribution in [0.25, 0.3) is 0 Å². The van der Waals surface area contributed by atoms with E-state index in [1.54, 1.807) is 30.5 Å².